The van der Waals surface area contributed by atoms with Gasteiger partial charge in [0, 0.05) is 17.5 Å². The highest BCUT2D eigenvalue weighted by Gasteiger charge is 2.15. The molecule has 2 rings (SSSR count). The second-order valence-corrected chi connectivity index (χ2v) is 7.96. The SMILES string of the molecule is CC(N)c1cccc(S(=O)(=O)NCc2ccc(Cl)s2)c1. The number of benzene rings is 1. The van der Waals surface area contributed by atoms with Crippen LogP contribution in [-0.2, 0) is 16.6 Å². The number of nitrogens with two attached hydrogens (primary N) is 1. The van der Waals surface area contributed by atoms with Crippen molar-refractivity contribution in [2.24, 2.45) is 5.73 Å². The smallest absolute Gasteiger partial charge is 0.240 e. The molecule has 0 radical (unpaired) electrons. The molecule has 1 unspecified atom stereocenters. The summed E-state index contributed by atoms with van der Waals surface area (Å²) < 4.78 is 27.6. The van der Waals surface area contributed by atoms with Crippen molar-refractivity contribution in [3.05, 3.63) is 51.2 Å². The predicted molar refractivity (Wildman–Crippen MR) is 82.4 cm³/mol. The lowest BCUT2D eigenvalue weighted by Gasteiger charge is -2.09. The van der Waals surface area contributed by atoms with Crippen LogP contribution >= 0.6 is 22.9 Å². The van der Waals surface area contributed by atoms with Crippen molar-refractivity contribution in [1.29, 1.82) is 0 Å². The minimum atomic E-state index is -3.55. The van der Waals surface area contributed by atoms with Gasteiger partial charge >= 0.3 is 0 Å². The van der Waals surface area contributed by atoms with Crippen molar-refractivity contribution in [1.82, 2.24) is 4.72 Å². The van der Waals surface area contributed by atoms with Gasteiger partial charge in [0.05, 0.1) is 9.23 Å². The lowest BCUT2D eigenvalue weighted by molar-refractivity contribution is 0.581. The Morgan fingerprint density at radius 1 is 1.35 bits per heavy atom. The summed E-state index contributed by atoms with van der Waals surface area (Å²) in [7, 11) is -3.55. The van der Waals surface area contributed by atoms with Crippen molar-refractivity contribution >= 4 is 33.0 Å². The highest BCUT2D eigenvalue weighted by molar-refractivity contribution is 7.89. The number of rotatable bonds is 5. The van der Waals surface area contributed by atoms with Gasteiger partial charge in [0.15, 0.2) is 0 Å². The molecular weight excluding hydrogens is 316 g/mol. The summed E-state index contributed by atoms with van der Waals surface area (Å²) in [5.41, 5.74) is 6.55. The molecule has 0 bridgehead atoms. The molecule has 1 heterocycles. The van der Waals surface area contributed by atoms with E-state index in [0.29, 0.717) is 4.34 Å². The maximum atomic E-state index is 12.2. The third-order valence-corrected chi connectivity index (χ3v) is 5.39. The molecule has 20 heavy (non-hydrogen) atoms. The summed E-state index contributed by atoms with van der Waals surface area (Å²) in [5, 5.41) is 0. The first-order chi connectivity index (χ1) is 9.38. The van der Waals surface area contributed by atoms with E-state index in [0.717, 1.165) is 10.4 Å². The Morgan fingerprint density at radius 2 is 2.10 bits per heavy atom. The van der Waals surface area contributed by atoms with Gasteiger partial charge in [0.1, 0.15) is 0 Å². The van der Waals surface area contributed by atoms with Gasteiger partial charge in [-0.25, -0.2) is 13.1 Å². The van der Waals surface area contributed by atoms with Crippen molar-refractivity contribution in [3.8, 4) is 0 Å². The van der Waals surface area contributed by atoms with Gasteiger partial charge in [0.2, 0.25) is 10.0 Å². The van der Waals surface area contributed by atoms with E-state index in [1.165, 1.54) is 11.3 Å². The number of nitrogens with one attached hydrogen (secondary N) is 1. The van der Waals surface area contributed by atoms with Gasteiger partial charge in [-0.05, 0) is 36.8 Å². The van der Waals surface area contributed by atoms with Crippen LogP contribution in [0.2, 0.25) is 4.34 Å². The fourth-order valence-corrected chi connectivity index (χ4v) is 3.84. The Balaban J connectivity index is 2.15. The molecule has 7 heteroatoms. The Morgan fingerprint density at radius 3 is 2.70 bits per heavy atom. The average Bonchev–Trinajstić information content (AvgIpc) is 2.82. The molecule has 1 atom stereocenters. The molecule has 0 saturated carbocycles. The Labute approximate surface area is 127 Å². The maximum absolute atomic E-state index is 12.2. The number of sulfonamides is 1. The zero-order chi connectivity index (χ0) is 14.8. The zero-order valence-electron chi connectivity index (χ0n) is 10.8. The number of thiophene rings is 1. The fraction of sp³-hybridized carbons (Fsp3) is 0.231. The van der Waals surface area contributed by atoms with E-state index in [1.54, 1.807) is 30.3 Å². The van der Waals surface area contributed by atoms with Gasteiger partial charge in [-0.2, -0.15) is 0 Å². The number of halogens is 1. The summed E-state index contributed by atoms with van der Waals surface area (Å²) >= 11 is 7.16. The Bertz CT molecular complexity index is 696. The standard InChI is InChI=1S/C13H15ClN2O2S2/c1-9(15)10-3-2-4-12(7-10)20(17,18)16-8-11-5-6-13(14)19-11/h2-7,9,16H,8,15H2,1H3. The van der Waals surface area contributed by atoms with Gasteiger partial charge in [-0.15, -0.1) is 11.3 Å². The van der Waals surface area contributed by atoms with Gasteiger partial charge < -0.3 is 5.73 Å². The summed E-state index contributed by atoms with van der Waals surface area (Å²) in [5.74, 6) is 0. The van der Waals surface area contributed by atoms with Crippen LogP contribution in [-0.4, -0.2) is 8.42 Å². The fourth-order valence-electron chi connectivity index (χ4n) is 1.66. The highest BCUT2D eigenvalue weighted by atomic mass is 35.5. The second-order valence-electron chi connectivity index (χ2n) is 4.39. The first-order valence-electron chi connectivity index (χ1n) is 5.98. The molecule has 4 nitrogen and oxygen atoms in total. The van der Waals surface area contributed by atoms with Gasteiger partial charge in [0.25, 0.3) is 0 Å². The lowest BCUT2D eigenvalue weighted by Crippen LogP contribution is -2.23. The number of hydrogen-bond donors (Lipinski definition) is 2. The minimum absolute atomic E-state index is 0.207. The molecular formula is C13H15ClN2O2S2. The molecule has 0 saturated heterocycles. The molecule has 0 spiro atoms. The molecule has 108 valence electrons. The van der Waals surface area contributed by atoms with Gasteiger partial charge in [-0.1, -0.05) is 23.7 Å². The monoisotopic (exact) mass is 330 g/mol. The van der Waals surface area contributed by atoms with Crippen molar-refractivity contribution < 1.29 is 8.42 Å². The molecule has 0 aliphatic rings. The second kappa shape index (κ2) is 6.24. The molecule has 2 aromatic rings. The van der Waals surface area contributed by atoms with Crippen LogP contribution in [0.15, 0.2) is 41.3 Å². The van der Waals surface area contributed by atoms with Crippen LogP contribution < -0.4 is 10.5 Å². The Kier molecular flexibility index (Phi) is 4.82. The van der Waals surface area contributed by atoms with Crippen LogP contribution in [0.5, 0.6) is 0 Å². The molecule has 0 fully saturated rings. The minimum Gasteiger partial charge on any atom is -0.324 e. The largest absolute Gasteiger partial charge is 0.324 e. The van der Waals surface area contributed by atoms with E-state index >= 15 is 0 Å². The van der Waals surface area contributed by atoms with Crippen molar-refractivity contribution in [3.63, 3.8) is 0 Å². The first kappa shape index (κ1) is 15.5. The van der Waals surface area contributed by atoms with E-state index < -0.39 is 10.0 Å². The topological polar surface area (TPSA) is 72.2 Å². The Hall–Kier alpha value is -0.920. The summed E-state index contributed by atoms with van der Waals surface area (Å²) in [6.45, 7) is 2.04. The van der Waals surface area contributed by atoms with Crippen LogP contribution in [0.4, 0.5) is 0 Å². The lowest BCUT2D eigenvalue weighted by atomic mass is 10.1. The van der Waals surface area contributed by atoms with Crippen molar-refractivity contribution in [2.75, 3.05) is 0 Å². The van der Waals surface area contributed by atoms with E-state index in [1.807, 2.05) is 13.0 Å². The first-order valence-corrected chi connectivity index (χ1v) is 8.65. The van der Waals surface area contributed by atoms with Crippen LogP contribution in [0.3, 0.4) is 0 Å². The molecule has 0 aliphatic carbocycles. The molecule has 3 N–H and O–H groups in total. The summed E-state index contributed by atoms with van der Waals surface area (Å²) in [6.07, 6.45) is 0. The van der Waals surface area contributed by atoms with E-state index in [-0.39, 0.29) is 17.5 Å². The van der Waals surface area contributed by atoms with E-state index in [9.17, 15) is 8.42 Å². The van der Waals surface area contributed by atoms with E-state index in [4.69, 9.17) is 17.3 Å². The molecule has 1 aromatic carbocycles. The molecule has 0 amide bonds. The molecule has 1 aromatic heterocycles. The summed E-state index contributed by atoms with van der Waals surface area (Å²) in [6, 6.07) is 9.98. The normalized spacial score (nSPS) is 13.3. The van der Waals surface area contributed by atoms with E-state index in [2.05, 4.69) is 4.72 Å². The zero-order valence-corrected chi connectivity index (χ0v) is 13.2. The van der Waals surface area contributed by atoms with Crippen LogP contribution in [0.25, 0.3) is 0 Å². The van der Waals surface area contributed by atoms with Crippen LogP contribution in [0.1, 0.15) is 23.4 Å². The van der Waals surface area contributed by atoms with Crippen LogP contribution in [0, 0.1) is 0 Å². The predicted octanol–water partition coefficient (Wildman–Crippen LogP) is 2.90. The maximum Gasteiger partial charge on any atom is 0.240 e. The summed E-state index contributed by atoms with van der Waals surface area (Å²) in [4.78, 5) is 1.08. The quantitative estimate of drug-likeness (QED) is 0.885. The van der Waals surface area contributed by atoms with Gasteiger partial charge in [-0.3, -0.25) is 0 Å². The average molecular weight is 331 g/mol. The molecule has 0 aliphatic heterocycles. The third kappa shape index (κ3) is 3.80. The third-order valence-electron chi connectivity index (χ3n) is 2.76. The highest BCUT2D eigenvalue weighted by Crippen LogP contribution is 2.22. The van der Waals surface area contributed by atoms with Crippen molar-refractivity contribution in [2.45, 2.75) is 24.4 Å². The number of hydrogen-bond acceptors (Lipinski definition) is 4.